The van der Waals surface area contributed by atoms with Gasteiger partial charge in [0.1, 0.15) is 12.8 Å². The molecule has 0 aromatic rings. The molecule has 1 aliphatic rings. The van der Waals surface area contributed by atoms with Gasteiger partial charge in [-0.05, 0) is 0 Å². The number of alkyl halides is 1. The Morgan fingerprint density at radius 2 is 2.50 bits per heavy atom. The van der Waals surface area contributed by atoms with Crippen LogP contribution in [0.15, 0.2) is 0 Å². The highest BCUT2D eigenvalue weighted by molar-refractivity contribution is 4.89. The Morgan fingerprint density at radius 1 is 1.70 bits per heavy atom. The van der Waals surface area contributed by atoms with Crippen LogP contribution in [0.25, 0.3) is 0 Å². The third kappa shape index (κ3) is 1.88. The molecule has 10 heavy (non-hydrogen) atoms. The lowest BCUT2D eigenvalue weighted by Crippen LogP contribution is -2.41. The van der Waals surface area contributed by atoms with E-state index in [1.54, 1.807) is 0 Å². The first-order valence-electron chi connectivity index (χ1n) is 3.24. The number of morpholine rings is 1. The van der Waals surface area contributed by atoms with Gasteiger partial charge in [0.25, 0.3) is 0 Å². The summed E-state index contributed by atoms with van der Waals surface area (Å²) in [5.74, 6) is 0. The van der Waals surface area contributed by atoms with Crippen molar-refractivity contribution in [1.82, 2.24) is 5.32 Å². The fraction of sp³-hybridized carbons (Fsp3) is 0.833. The first-order valence-corrected chi connectivity index (χ1v) is 3.24. The number of nitrogens with one attached hydrogen (secondary N) is 1. The Morgan fingerprint density at radius 3 is 3.00 bits per heavy atom. The lowest BCUT2D eigenvalue weighted by Gasteiger charge is -2.23. The van der Waals surface area contributed by atoms with E-state index in [0.29, 0.717) is 13.2 Å². The van der Waals surface area contributed by atoms with Gasteiger partial charge in [0.05, 0.1) is 6.61 Å². The summed E-state index contributed by atoms with van der Waals surface area (Å²) in [5, 5.41) is 2.90. The van der Waals surface area contributed by atoms with E-state index >= 15 is 0 Å². The van der Waals surface area contributed by atoms with Crippen LogP contribution in [-0.2, 0) is 4.74 Å². The molecule has 2 nitrogen and oxygen atoms in total. The first kappa shape index (κ1) is 7.88. The molecule has 0 aliphatic carbocycles. The molecule has 59 valence electrons. The minimum Gasteiger partial charge on any atom is -0.372 e. The SMILES string of the molecule is FC[C](F)C1CNCCO1. The van der Waals surface area contributed by atoms with Crippen molar-refractivity contribution in [1.29, 1.82) is 0 Å². The average molecular weight is 150 g/mol. The summed E-state index contributed by atoms with van der Waals surface area (Å²) >= 11 is 0. The predicted molar refractivity (Wildman–Crippen MR) is 32.9 cm³/mol. The van der Waals surface area contributed by atoms with Crippen molar-refractivity contribution in [2.75, 3.05) is 26.4 Å². The van der Waals surface area contributed by atoms with Crippen LogP contribution in [0.5, 0.6) is 0 Å². The molecule has 0 spiro atoms. The highest BCUT2D eigenvalue weighted by Crippen LogP contribution is 2.13. The molecule has 1 unspecified atom stereocenters. The van der Waals surface area contributed by atoms with Crippen molar-refractivity contribution in [3.05, 3.63) is 6.17 Å². The van der Waals surface area contributed by atoms with Gasteiger partial charge in [0.15, 0.2) is 0 Å². The normalized spacial score (nSPS) is 27.3. The molecule has 0 bridgehead atoms. The van der Waals surface area contributed by atoms with Gasteiger partial charge in [-0.2, -0.15) is 0 Å². The first-order chi connectivity index (χ1) is 4.84. The topological polar surface area (TPSA) is 21.3 Å². The summed E-state index contributed by atoms with van der Waals surface area (Å²) in [5.41, 5.74) is 0. The maximum Gasteiger partial charge on any atom is 0.205 e. The minimum atomic E-state index is -1.04. The fourth-order valence-electron chi connectivity index (χ4n) is 0.853. The van der Waals surface area contributed by atoms with Crippen LogP contribution in [0.4, 0.5) is 8.78 Å². The molecule has 4 heteroatoms. The molecular formula is C6H10F2NO. The van der Waals surface area contributed by atoms with Gasteiger partial charge in [-0.25, -0.2) is 8.78 Å². The van der Waals surface area contributed by atoms with Crippen molar-refractivity contribution >= 4 is 0 Å². The lowest BCUT2D eigenvalue weighted by molar-refractivity contribution is 0.0107. The van der Waals surface area contributed by atoms with Crippen LogP contribution in [0.1, 0.15) is 0 Å². The molecule has 0 aromatic heterocycles. The number of hydrogen-bond acceptors (Lipinski definition) is 2. The van der Waals surface area contributed by atoms with E-state index in [4.69, 9.17) is 4.74 Å². The molecule has 1 heterocycles. The fourth-order valence-corrected chi connectivity index (χ4v) is 0.853. The van der Waals surface area contributed by atoms with E-state index in [9.17, 15) is 8.78 Å². The zero-order valence-electron chi connectivity index (χ0n) is 5.57. The highest BCUT2D eigenvalue weighted by Gasteiger charge is 2.24. The summed E-state index contributed by atoms with van der Waals surface area (Å²) < 4.78 is 29.0. The average Bonchev–Trinajstić information content (AvgIpc) is 2.05. The van der Waals surface area contributed by atoms with Gasteiger partial charge in [-0.1, -0.05) is 0 Å². The molecular weight excluding hydrogens is 140 g/mol. The van der Waals surface area contributed by atoms with Crippen LogP contribution in [0.2, 0.25) is 0 Å². The van der Waals surface area contributed by atoms with E-state index < -0.39 is 19.0 Å². The van der Waals surface area contributed by atoms with E-state index in [-0.39, 0.29) is 0 Å². The third-order valence-electron chi connectivity index (χ3n) is 1.40. The minimum absolute atomic E-state index is 0.385. The Hall–Kier alpha value is -0.220. The molecule has 1 aliphatic heterocycles. The van der Waals surface area contributed by atoms with Gasteiger partial charge in [-0.15, -0.1) is 0 Å². The highest BCUT2D eigenvalue weighted by atomic mass is 19.2. The summed E-state index contributed by atoms with van der Waals surface area (Å²) in [6.45, 7) is 0.524. The van der Waals surface area contributed by atoms with Crippen LogP contribution in [0.3, 0.4) is 0 Å². The Kier molecular flexibility index (Phi) is 3.02. The number of ether oxygens (including phenoxy) is 1. The van der Waals surface area contributed by atoms with E-state index in [0.717, 1.165) is 6.54 Å². The zero-order chi connectivity index (χ0) is 7.40. The maximum atomic E-state index is 12.4. The Bertz CT molecular complexity index is 95.7. The number of hydrogen-bond donors (Lipinski definition) is 1. The van der Waals surface area contributed by atoms with Crippen molar-refractivity contribution < 1.29 is 13.5 Å². The maximum absolute atomic E-state index is 12.4. The van der Waals surface area contributed by atoms with Crippen molar-refractivity contribution in [3.8, 4) is 0 Å². The van der Waals surface area contributed by atoms with Crippen molar-refractivity contribution in [2.24, 2.45) is 0 Å². The standard InChI is InChI=1S/C6H10F2NO/c7-3-5(8)6-4-9-1-2-10-6/h6,9H,1-4H2. The predicted octanol–water partition coefficient (Wildman–Crippen LogP) is 0.446. The van der Waals surface area contributed by atoms with Gasteiger partial charge in [0.2, 0.25) is 6.17 Å². The van der Waals surface area contributed by atoms with E-state index in [1.807, 2.05) is 0 Å². The van der Waals surface area contributed by atoms with Crippen LogP contribution in [-0.4, -0.2) is 32.5 Å². The second-order valence-corrected chi connectivity index (χ2v) is 2.14. The van der Waals surface area contributed by atoms with Crippen molar-refractivity contribution in [2.45, 2.75) is 6.10 Å². The van der Waals surface area contributed by atoms with Gasteiger partial charge < -0.3 is 10.1 Å². The van der Waals surface area contributed by atoms with E-state index in [2.05, 4.69) is 5.32 Å². The number of halogens is 2. The van der Waals surface area contributed by atoms with Gasteiger partial charge in [0, 0.05) is 13.1 Å². The number of rotatable bonds is 2. The molecule has 1 saturated heterocycles. The zero-order valence-corrected chi connectivity index (χ0v) is 5.57. The molecule has 0 saturated carbocycles. The smallest absolute Gasteiger partial charge is 0.205 e. The summed E-state index contributed by atoms with van der Waals surface area (Å²) in [4.78, 5) is 0. The molecule has 1 N–H and O–H groups in total. The second-order valence-electron chi connectivity index (χ2n) is 2.14. The second kappa shape index (κ2) is 3.83. The quantitative estimate of drug-likeness (QED) is 0.617. The van der Waals surface area contributed by atoms with Gasteiger partial charge >= 0.3 is 0 Å². The summed E-state index contributed by atoms with van der Waals surface area (Å²) in [7, 11) is 0. The molecule has 1 atom stereocenters. The molecule has 1 rings (SSSR count). The Balaban J connectivity index is 2.24. The van der Waals surface area contributed by atoms with Gasteiger partial charge in [-0.3, -0.25) is 0 Å². The molecule has 1 fully saturated rings. The van der Waals surface area contributed by atoms with Crippen LogP contribution < -0.4 is 5.32 Å². The summed E-state index contributed by atoms with van der Waals surface area (Å²) in [6.07, 6.45) is -1.38. The molecule has 1 radical (unpaired) electrons. The summed E-state index contributed by atoms with van der Waals surface area (Å²) in [6, 6.07) is 0. The van der Waals surface area contributed by atoms with Crippen LogP contribution in [0, 0.1) is 6.17 Å². The van der Waals surface area contributed by atoms with E-state index in [1.165, 1.54) is 0 Å². The van der Waals surface area contributed by atoms with Crippen LogP contribution >= 0.6 is 0 Å². The Labute approximate surface area is 58.6 Å². The lowest BCUT2D eigenvalue weighted by atomic mass is 10.2. The largest absolute Gasteiger partial charge is 0.372 e. The monoisotopic (exact) mass is 150 g/mol. The third-order valence-corrected chi connectivity index (χ3v) is 1.40. The van der Waals surface area contributed by atoms with Crippen molar-refractivity contribution in [3.63, 3.8) is 0 Å². The molecule has 0 aromatic carbocycles. The molecule has 0 amide bonds.